The van der Waals surface area contributed by atoms with Gasteiger partial charge in [-0.05, 0) is 30.0 Å². The van der Waals surface area contributed by atoms with Gasteiger partial charge in [-0.1, -0.05) is 18.1 Å². The molecule has 2 aliphatic rings. The SMILES string of the molecule is C#CCN1CCN(C(=O)C2CC2c2ccc(F)cc2)CC1. The minimum Gasteiger partial charge on any atom is -0.340 e. The molecule has 3 rings (SSSR count). The third-order valence-corrected chi connectivity index (χ3v) is 4.40. The average molecular weight is 286 g/mol. The Balaban J connectivity index is 1.54. The monoisotopic (exact) mass is 286 g/mol. The van der Waals surface area contributed by atoms with Gasteiger partial charge < -0.3 is 4.90 Å². The number of carbonyl (C=O) groups excluding carboxylic acids is 1. The average Bonchev–Trinajstić information content (AvgIpc) is 3.29. The quantitative estimate of drug-likeness (QED) is 0.790. The summed E-state index contributed by atoms with van der Waals surface area (Å²) in [6.45, 7) is 3.87. The molecule has 1 amide bonds. The Morgan fingerprint density at radius 3 is 2.52 bits per heavy atom. The lowest BCUT2D eigenvalue weighted by Gasteiger charge is -2.33. The Hall–Kier alpha value is -1.86. The molecule has 2 atom stereocenters. The molecule has 0 aromatic heterocycles. The number of rotatable bonds is 3. The van der Waals surface area contributed by atoms with E-state index in [1.807, 2.05) is 4.90 Å². The zero-order valence-electron chi connectivity index (χ0n) is 12.0. The van der Waals surface area contributed by atoms with Crippen LogP contribution in [0.4, 0.5) is 4.39 Å². The molecular formula is C17H19FN2O. The van der Waals surface area contributed by atoms with E-state index in [0.29, 0.717) is 6.54 Å². The van der Waals surface area contributed by atoms with Crippen LogP contribution in [-0.4, -0.2) is 48.4 Å². The molecule has 110 valence electrons. The van der Waals surface area contributed by atoms with Crippen LogP contribution in [0, 0.1) is 24.1 Å². The van der Waals surface area contributed by atoms with Gasteiger partial charge in [0.1, 0.15) is 5.82 Å². The summed E-state index contributed by atoms with van der Waals surface area (Å²) in [5.74, 6) is 3.00. The largest absolute Gasteiger partial charge is 0.340 e. The highest BCUT2D eigenvalue weighted by atomic mass is 19.1. The van der Waals surface area contributed by atoms with Gasteiger partial charge in [-0.3, -0.25) is 9.69 Å². The highest BCUT2D eigenvalue weighted by Gasteiger charge is 2.45. The van der Waals surface area contributed by atoms with Gasteiger partial charge in [-0.25, -0.2) is 4.39 Å². The molecule has 1 aliphatic carbocycles. The fourth-order valence-electron chi connectivity index (χ4n) is 3.04. The number of hydrogen-bond donors (Lipinski definition) is 0. The lowest BCUT2D eigenvalue weighted by Crippen LogP contribution is -2.49. The summed E-state index contributed by atoms with van der Waals surface area (Å²) in [4.78, 5) is 16.6. The summed E-state index contributed by atoms with van der Waals surface area (Å²) in [5, 5.41) is 0. The van der Waals surface area contributed by atoms with Crippen molar-refractivity contribution in [1.82, 2.24) is 9.80 Å². The van der Waals surface area contributed by atoms with Gasteiger partial charge in [0.15, 0.2) is 0 Å². The van der Waals surface area contributed by atoms with Crippen molar-refractivity contribution in [3.8, 4) is 12.3 Å². The van der Waals surface area contributed by atoms with Crippen molar-refractivity contribution in [2.24, 2.45) is 5.92 Å². The van der Waals surface area contributed by atoms with Gasteiger partial charge in [0, 0.05) is 32.1 Å². The number of hydrogen-bond acceptors (Lipinski definition) is 2. The second kappa shape index (κ2) is 5.87. The zero-order valence-corrected chi connectivity index (χ0v) is 12.0. The maximum absolute atomic E-state index is 12.9. The Morgan fingerprint density at radius 1 is 1.24 bits per heavy atom. The summed E-state index contributed by atoms with van der Waals surface area (Å²) in [7, 11) is 0. The molecular weight excluding hydrogens is 267 g/mol. The molecule has 0 bridgehead atoms. The van der Waals surface area contributed by atoms with Crippen LogP contribution in [-0.2, 0) is 4.79 Å². The van der Waals surface area contributed by atoms with Crippen molar-refractivity contribution < 1.29 is 9.18 Å². The second-order valence-corrected chi connectivity index (χ2v) is 5.81. The normalized spacial score (nSPS) is 25.4. The van der Waals surface area contributed by atoms with Crippen LogP contribution in [0.15, 0.2) is 24.3 Å². The summed E-state index contributed by atoms with van der Waals surface area (Å²) < 4.78 is 12.9. The summed E-state index contributed by atoms with van der Waals surface area (Å²) in [5.41, 5.74) is 1.07. The molecule has 3 nitrogen and oxygen atoms in total. The van der Waals surface area contributed by atoms with Crippen LogP contribution in [0.25, 0.3) is 0 Å². The van der Waals surface area contributed by atoms with E-state index in [4.69, 9.17) is 6.42 Å². The Kier molecular flexibility index (Phi) is 3.94. The molecule has 0 N–H and O–H groups in total. The Morgan fingerprint density at radius 2 is 1.90 bits per heavy atom. The van der Waals surface area contributed by atoms with Crippen molar-refractivity contribution in [3.63, 3.8) is 0 Å². The number of carbonyl (C=O) groups is 1. The fourth-order valence-corrected chi connectivity index (χ4v) is 3.04. The first-order valence-corrected chi connectivity index (χ1v) is 7.39. The molecule has 1 aromatic carbocycles. The van der Waals surface area contributed by atoms with E-state index >= 15 is 0 Å². The van der Waals surface area contributed by atoms with Crippen LogP contribution in [0.3, 0.4) is 0 Å². The van der Waals surface area contributed by atoms with E-state index in [1.54, 1.807) is 12.1 Å². The van der Waals surface area contributed by atoms with Gasteiger partial charge in [-0.15, -0.1) is 6.42 Å². The minimum atomic E-state index is -0.230. The van der Waals surface area contributed by atoms with Crippen LogP contribution < -0.4 is 0 Å². The van der Waals surface area contributed by atoms with Crippen molar-refractivity contribution >= 4 is 5.91 Å². The van der Waals surface area contributed by atoms with E-state index in [9.17, 15) is 9.18 Å². The van der Waals surface area contributed by atoms with Crippen LogP contribution in [0.1, 0.15) is 17.9 Å². The molecule has 1 aliphatic heterocycles. The maximum atomic E-state index is 12.9. The van der Waals surface area contributed by atoms with Gasteiger partial charge >= 0.3 is 0 Å². The standard InChI is InChI=1S/C17H19FN2O/c1-2-7-19-8-10-20(11-9-19)17(21)16-12-15(16)13-3-5-14(18)6-4-13/h1,3-6,15-16H,7-12H2. The van der Waals surface area contributed by atoms with Gasteiger partial charge in [-0.2, -0.15) is 0 Å². The van der Waals surface area contributed by atoms with Gasteiger partial charge in [0.25, 0.3) is 0 Å². The molecule has 0 spiro atoms. The number of halogens is 1. The topological polar surface area (TPSA) is 23.6 Å². The highest BCUT2D eigenvalue weighted by molar-refractivity contribution is 5.83. The van der Waals surface area contributed by atoms with Gasteiger partial charge in [0.05, 0.1) is 6.54 Å². The lowest BCUT2D eigenvalue weighted by atomic mass is 10.1. The maximum Gasteiger partial charge on any atom is 0.226 e. The molecule has 0 radical (unpaired) electrons. The van der Waals surface area contributed by atoms with Crippen molar-refractivity contribution in [1.29, 1.82) is 0 Å². The Bertz CT molecular complexity index is 555. The molecule has 2 fully saturated rings. The van der Waals surface area contributed by atoms with Gasteiger partial charge in [0.2, 0.25) is 5.91 Å². The lowest BCUT2D eigenvalue weighted by molar-refractivity contribution is -0.134. The van der Waals surface area contributed by atoms with Crippen LogP contribution in [0.2, 0.25) is 0 Å². The van der Waals surface area contributed by atoms with E-state index in [2.05, 4.69) is 10.8 Å². The van der Waals surface area contributed by atoms with Crippen LogP contribution in [0.5, 0.6) is 0 Å². The summed E-state index contributed by atoms with van der Waals surface area (Å²) in [6.07, 6.45) is 6.19. The van der Waals surface area contributed by atoms with Crippen LogP contribution >= 0.6 is 0 Å². The predicted molar refractivity (Wildman–Crippen MR) is 79.1 cm³/mol. The molecule has 1 saturated carbocycles. The molecule has 21 heavy (non-hydrogen) atoms. The first-order chi connectivity index (χ1) is 10.2. The number of nitrogens with zero attached hydrogens (tertiary/aromatic N) is 2. The highest BCUT2D eigenvalue weighted by Crippen LogP contribution is 2.48. The first kappa shape index (κ1) is 14.1. The molecule has 1 aromatic rings. The zero-order chi connectivity index (χ0) is 14.8. The second-order valence-electron chi connectivity index (χ2n) is 5.81. The van der Waals surface area contributed by atoms with E-state index in [0.717, 1.165) is 38.2 Å². The molecule has 1 saturated heterocycles. The van der Waals surface area contributed by atoms with Crippen molar-refractivity contribution in [3.05, 3.63) is 35.6 Å². The smallest absolute Gasteiger partial charge is 0.226 e. The first-order valence-electron chi connectivity index (χ1n) is 7.39. The van der Waals surface area contributed by atoms with E-state index < -0.39 is 0 Å². The van der Waals surface area contributed by atoms with Crippen molar-refractivity contribution in [2.75, 3.05) is 32.7 Å². The minimum absolute atomic E-state index is 0.0784. The molecule has 1 heterocycles. The third-order valence-electron chi connectivity index (χ3n) is 4.40. The number of piperazine rings is 1. The Labute approximate surface area is 124 Å². The van der Waals surface area contributed by atoms with E-state index in [1.165, 1.54) is 12.1 Å². The summed E-state index contributed by atoms with van der Waals surface area (Å²) in [6, 6.07) is 6.51. The number of benzene rings is 1. The van der Waals surface area contributed by atoms with E-state index in [-0.39, 0.29) is 23.6 Å². The number of terminal acetylenes is 1. The molecule has 4 heteroatoms. The van der Waals surface area contributed by atoms with Crippen molar-refractivity contribution in [2.45, 2.75) is 12.3 Å². The summed E-state index contributed by atoms with van der Waals surface area (Å²) >= 11 is 0. The fraction of sp³-hybridized carbons (Fsp3) is 0.471. The molecule has 2 unspecified atom stereocenters. The third kappa shape index (κ3) is 3.08. The number of amides is 1. The predicted octanol–water partition coefficient (Wildman–Crippen LogP) is 1.71.